The number of ether oxygens (including phenoxy) is 2. The molecule has 0 aromatic carbocycles. The van der Waals surface area contributed by atoms with Crippen LogP contribution in [0.2, 0.25) is 0 Å². The Balaban J connectivity index is 2.95. The van der Waals surface area contributed by atoms with Crippen molar-refractivity contribution in [3.8, 4) is 0 Å². The summed E-state index contributed by atoms with van der Waals surface area (Å²) in [5.41, 5.74) is 0. The van der Waals surface area contributed by atoms with E-state index in [2.05, 4.69) is 10.1 Å². The van der Waals surface area contributed by atoms with Crippen molar-refractivity contribution >= 4 is 5.97 Å². The smallest absolute Gasteiger partial charge is 0.319 e. The maximum Gasteiger partial charge on any atom is 0.319 e. The molecule has 66 valence electrons. The lowest BCUT2D eigenvalue weighted by Crippen LogP contribution is -2.25. The zero-order chi connectivity index (χ0) is 8.53. The first kappa shape index (κ1) is 10.4. The number of carbonyl (C=O) groups excluding carboxylic acids is 1. The Morgan fingerprint density at radius 2 is 2.18 bits per heavy atom. The van der Waals surface area contributed by atoms with Gasteiger partial charge in [0.05, 0.1) is 13.7 Å². The third-order valence-corrected chi connectivity index (χ3v) is 1.20. The van der Waals surface area contributed by atoms with Gasteiger partial charge in [-0.15, -0.1) is 0 Å². The fraction of sp³-hybridized carbons (Fsp3) is 0.857. The molecule has 0 saturated carbocycles. The molecule has 1 N–H and O–H groups in total. The van der Waals surface area contributed by atoms with Crippen LogP contribution in [-0.4, -0.2) is 39.9 Å². The lowest BCUT2D eigenvalue weighted by molar-refractivity contribution is -0.139. The molecule has 4 nitrogen and oxygen atoms in total. The Kier molecular flexibility index (Phi) is 7.08. The molecule has 0 spiro atoms. The fourth-order valence-electron chi connectivity index (χ4n) is 0.604. The monoisotopic (exact) mass is 161 g/mol. The number of nitrogens with one attached hydrogen (secondary N) is 1. The first-order chi connectivity index (χ1) is 5.31. The van der Waals surface area contributed by atoms with E-state index in [1.54, 1.807) is 7.11 Å². The van der Waals surface area contributed by atoms with Gasteiger partial charge >= 0.3 is 5.97 Å². The number of esters is 1. The number of hydrogen-bond donors (Lipinski definition) is 1. The summed E-state index contributed by atoms with van der Waals surface area (Å²) in [5, 5.41) is 2.92. The van der Waals surface area contributed by atoms with Gasteiger partial charge in [-0.2, -0.15) is 0 Å². The summed E-state index contributed by atoms with van der Waals surface area (Å²) in [5.74, 6) is -0.234. The van der Waals surface area contributed by atoms with E-state index in [1.807, 2.05) is 0 Å². The van der Waals surface area contributed by atoms with Crippen LogP contribution >= 0.6 is 0 Å². The van der Waals surface area contributed by atoms with Crippen LogP contribution in [0.5, 0.6) is 0 Å². The van der Waals surface area contributed by atoms with Gasteiger partial charge in [0.1, 0.15) is 0 Å². The molecule has 0 atom stereocenters. The lowest BCUT2D eigenvalue weighted by Gasteiger charge is -2.01. The van der Waals surface area contributed by atoms with Crippen molar-refractivity contribution < 1.29 is 14.3 Å². The quantitative estimate of drug-likeness (QED) is 0.432. The second-order valence-corrected chi connectivity index (χ2v) is 2.10. The Hall–Kier alpha value is -0.610. The van der Waals surface area contributed by atoms with Gasteiger partial charge in [0.15, 0.2) is 0 Å². The maximum absolute atomic E-state index is 10.5. The average Bonchev–Trinajstić information content (AvgIpc) is 2.04. The van der Waals surface area contributed by atoms with Crippen molar-refractivity contribution in [1.82, 2.24) is 5.32 Å². The van der Waals surface area contributed by atoms with Crippen LogP contribution in [0.15, 0.2) is 0 Å². The first-order valence-electron chi connectivity index (χ1n) is 3.57. The summed E-state index contributed by atoms with van der Waals surface area (Å²) in [4.78, 5) is 10.5. The third-order valence-electron chi connectivity index (χ3n) is 1.20. The molecular formula is C7H15NO3. The molecule has 0 amide bonds. The molecule has 0 aliphatic carbocycles. The maximum atomic E-state index is 10.5. The van der Waals surface area contributed by atoms with E-state index in [9.17, 15) is 4.79 Å². The number of carbonyl (C=O) groups is 1. The molecule has 0 rings (SSSR count). The van der Waals surface area contributed by atoms with Crippen LogP contribution in [-0.2, 0) is 14.3 Å². The van der Waals surface area contributed by atoms with Gasteiger partial charge in [-0.3, -0.25) is 4.79 Å². The predicted octanol–water partition coefficient (Wildman–Crippen LogP) is -0.215. The molecule has 4 heteroatoms. The molecular weight excluding hydrogens is 146 g/mol. The van der Waals surface area contributed by atoms with Gasteiger partial charge in [0, 0.05) is 13.7 Å². The molecule has 0 aromatic heterocycles. The van der Waals surface area contributed by atoms with Crippen LogP contribution in [0.3, 0.4) is 0 Å². The Morgan fingerprint density at radius 1 is 1.45 bits per heavy atom. The largest absolute Gasteiger partial charge is 0.468 e. The van der Waals surface area contributed by atoms with Gasteiger partial charge in [-0.25, -0.2) is 0 Å². The lowest BCUT2D eigenvalue weighted by atomic mass is 10.4. The highest BCUT2D eigenvalue weighted by atomic mass is 16.5. The van der Waals surface area contributed by atoms with Crippen LogP contribution < -0.4 is 5.32 Å². The third kappa shape index (κ3) is 7.29. The summed E-state index contributed by atoms with van der Waals surface area (Å²) in [6.45, 7) is 1.78. The molecule has 0 heterocycles. The number of methoxy groups -OCH3 is 2. The van der Waals surface area contributed by atoms with Gasteiger partial charge < -0.3 is 14.8 Å². The summed E-state index contributed by atoms with van der Waals surface area (Å²) in [6, 6.07) is 0. The van der Waals surface area contributed by atoms with E-state index in [0.717, 1.165) is 13.0 Å². The van der Waals surface area contributed by atoms with E-state index in [0.29, 0.717) is 6.61 Å². The average molecular weight is 161 g/mol. The minimum absolute atomic E-state index is 0.234. The zero-order valence-corrected chi connectivity index (χ0v) is 7.05. The minimum atomic E-state index is -0.234. The highest BCUT2D eigenvalue weighted by molar-refractivity contribution is 5.71. The molecule has 0 fully saturated rings. The fourth-order valence-corrected chi connectivity index (χ4v) is 0.604. The molecule has 0 bridgehead atoms. The number of hydrogen-bond acceptors (Lipinski definition) is 4. The van der Waals surface area contributed by atoms with Crippen molar-refractivity contribution in [3.05, 3.63) is 0 Å². The molecule has 0 aromatic rings. The molecule has 0 unspecified atom stereocenters. The highest BCUT2D eigenvalue weighted by Crippen LogP contribution is 1.77. The van der Waals surface area contributed by atoms with E-state index in [1.165, 1.54) is 7.11 Å². The first-order valence-corrected chi connectivity index (χ1v) is 3.57. The molecule has 0 aliphatic heterocycles. The highest BCUT2D eigenvalue weighted by Gasteiger charge is 1.96. The molecule has 11 heavy (non-hydrogen) atoms. The van der Waals surface area contributed by atoms with Crippen LogP contribution in [0.1, 0.15) is 6.42 Å². The summed E-state index contributed by atoms with van der Waals surface area (Å²) >= 11 is 0. The van der Waals surface area contributed by atoms with Crippen LogP contribution in [0.25, 0.3) is 0 Å². The van der Waals surface area contributed by atoms with Gasteiger partial charge in [0.2, 0.25) is 0 Å². The van der Waals surface area contributed by atoms with Crippen LogP contribution in [0, 0.1) is 0 Å². The SMILES string of the molecule is COCCCNCC(=O)OC. The second-order valence-electron chi connectivity index (χ2n) is 2.10. The minimum Gasteiger partial charge on any atom is -0.468 e. The van der Waals surface area contributed by atoms with E-state index >= 15 is 0 Å². The number of rotatable bonds is 6. The standard InChI is InChI=1S/C7H15NO3/c1-10-5-3-4-8-6-7(9)11-2/h8H,3-6H2,1-2H3. The van der Waals surface area contributed by atoms with E-state index in [4.69, 9.17) is 4.74 Å². The van der Waals surface area contributed by atoms with Crippen molar-refractivity contribution in [3.63, 3.8) is 0 Å². The Bertz CT molecular complexity index is 106. The second kappa shape index (κ2) is 7.50. The molecule has 0 aliphatic rings. The molecule has 0 saturated heterocycles. The van der Waals surface area contributed by atoms with E-state index in [-0.39, 0.29) is 12.5 Å². The van der Waals surface area contributed by atoms with Crippen molar-refractivity contribution in [2.45, 2.75) is 6.42 Å². The van der Waals surface area contributed by atoms with Gasteiger partial charge in [-0.05, 0) is 13.0 Å². The summed E-state index contributed by atoms with van der Waals surface area (Å²) in [7, 11) is 3.03. The normalized spacial score (nSPS) is 9.64. The topological polar surface area (TPSA) is 47.6 Å². The van der Waals surface area contributed by atoms with Gasteiger partial charge in [-0.1, -0.05) is 0 Å². The van der Waals surface area contributed by atoms with Crippen molar-refractivity contribution in [1.29, 1.82) is 0 Å². The predicted molar refractivity (Wildman–Crippen MR) is 41.4 cm³/mol. The van der Waals surface area contributed by atoms with E-state index < -0.39 is 0 Å². The zero-order valence-electron chi connectivity index (χ0n) is 7.05. The van der Waals surface area contributed by atoms with Crippen LogP contribution in [0.4, 0.5) is 0 Å². The summed E-state index contributed by atoms with van der Waals surface area (Å²) < 4.78 is 9.24. The molecule has 0 radical (unpaired) electrons. The Morgan fingerprint density at radius 3 is 2.73 bits per heavy atom. The van der Waals surface area contributed by atoms with Crippen molar-refractivity contribution in [2.24, 2.45) is 0 Å². The Labute approximate surface area is 66.9 Å². The van der Waals surface area contributed by atoms with Gasteiger partial charge in [0.25, 0.3) is 0 Å². The van der Waals surface area contributed by atoms with Crippen molar-refractivity contribution in [2.75, 3.05) is 33.9 Å². The summed E-state index contributed by atoms with van der Waals surface area (Å²) in [6.07, 6.45) is 0.910.